The van der Waals surface area contributed by atoms with Gasteiger partial charge in [0.15, 0.2) is 0 Å². The van der Waals surface area contributed by atoms with Gasteiger partial charge < -0.3 is 10.2 Å². The summed E-state index contributed by atoms with van der Waals surface area (Å²) in [5, 5.41) is 18.4. The molecule has 2 aliphatic carbocycles. The van der Waals surface area contributed by atoms with Gasteiger partial charge in [-0.15, -0.1) is 0 Å². The lowest BCUT2D eigenvalue weighted by molar-refractivity contribution is -0.142. The first kappa shape index (κ1) is 8.05. The highest BCUT2D eigenvalue weighted by Gasteiger charge is 2.44. The van der Waals surface area contributed by atoms with Gasteiger partial charge >= 0.3 is 5.97 Å². The number of hydrogen-bond donors (Lipinski definition) is 2. The summed E-state index contributed by atoms with van der Waals surface area (Å²) in [5.74, 6) is -0.232. The number of fused-ring (bicyclic) bond motifs is 2. The second-order valence-electron chi connectivity index (χ2n) is 4.08. The molecule has 0 heterocycles. The summed E-state index contributed by atoms with van der Waals surface area (Å²) in [6, 6.07) is 0. The fraction of sp³-hybridized carbons (Fsp3) is 0.889. The molecule has 0 aromatic heterocycles. The zero-order valence-electron chi connectivity index (χ0n) is 6.94. The molecule has 0 amide bonds. The Morgan fingerprint density at radius 2 is 1.92 bits per heavy atom. The minimum Gasteiger partial charge on any atom is -0.481 e. The van der Waals surface area contributed by atoms with E-state index in [9.17, 15) is 9.90 Å². The number of aliphatic hydroxyl groups excluding tert-OH is 1. The molecule has 0 saturated heterocycles. The average Bonchev–Trinajstić information content (AvgIpc) is 2.37. The molecule has 4 atom stereocenters. The third-order valence-electron chi connectivity index (χ3n) is 3.43. The number of hydrogen-bond acceptors (Lipinski definition) is 2. The monoisotopic (exact) mass is 170 g/mol. The molecule has 2 rings (SSSR count). The van der Waals surface area contributed by atoms with E-state index in [0.717, 1.165) is 19.3 Å². The highest BCUT2D eigenvalue weighted by molar-refractivity contribution is 5.70. The highest BCUT2D eigenvalue weighted by Crippen LogP contribution is 2.45. The summed E-state index contributed by atoms with van der Waals surface area (Å²) in [6.07, 6.45) is 3.10. The second-order valence-corrected chi connectivity index (χ2v) is 4.08. The Bertz CT molecular complexity index is 202. The van der Waals surface area contributed by atoms with E-state index in [2.05, 4.69) is 0 Å². The molecule has 4 unspecified atom stereocenters. The maximum absolute atomic E-state index is 10.8. The van der Waals surface area contributed by atoms with Crippen LogP contribution in [0.5, 0.6) is 0 Å². The van der Waals surface area contributed by atoms with Crippen LogP contribution in [0.1, 0.15) is 25.7 Å². The standard InChI is InChI=1S/C9H14O3/c10-8-2-1-5-3-6(8)4-7(5)9(11)12/h5-8,10H,1-4H2,(H,11,12). The Balaban J connectivity index is 2.10. The van der Waals surface area contributed by atoms with Crippen molar-refractivity contribution in [3.63, 3.8) is 0 Å². The van der Waals surface area contributed by atoms with Crippen molar-refractivity contribution in [2.75, 3.05) is 0 Å². The molecule has 2 bridgehead atoms. The van der Waals surface area contributed by atoms with E-state index in [1.807, 2.05) is 0 Å². The van der Waals surface area contributed by atoms with Crippen molar-refractivity contribution in [2.45, 2.75) is 31.8 Å². The number of rotatable bonds is 1. The molecule has 2 aliphatic rings. The van der Waals surface area contributed by atoms with Crippen LogP contribution in [0.4, 0.5) is 0 Å². The van der Waals surface area contributed by atoms with Crippen molar-refractivity contribution in [2.24, 2.45) is 17.8 Å². The molecule has 0 radical (unpaired) electrons. The summed E-state index contributed by atoms with van der Waals surface area (Å²) in [6.45, 7) is 0. The lowest BCUT2D eigenvalue weighted by atomic mass is 9.85. The van der Waals surface area contributed by atoms with Gasteiger partial charge in [0.2, 0.25) is 0 Å². The third kappa shape index (κ3) is 1.12. The Kier molecular flexibility index (Phi) is 1.83. The van der Waals surface area contributed by atoms with Gasteiger partial charge in [-0.1, -0.05) is 0 Å². The van der Waals surface area contributed by atoms with Gasteiger partial charge in [0.05, 0.1) is 12.0 Å². The summed E-state index contributed by atoms with van der Waals surface area (Å²) >= 11 is 0. The van der Waals surface area contributed by atoms with Crippen molar-refractivity contribution in [3.05, 3.63) is 0 Å². The molecule has 12 heavy (non-hydrogen) atoms. The number of aliphatic carboxylic acids is 1. The zero-order chi connectivity index (χ0) is 8.72. The summed E-state index contributed by atoms with van der Waals surface area (Å²) < 4.78 is 0. The van der Waals surface area contributed by atoms with Gasteiger partial charge in [-0.2, -0.15) is 0 Å². The van der Waals surface area contributed by atoms with E-state index in [1.54, 1.807) is 0 Å². The fourth-order valence-electron chi connectivity index (χ4n) is 2.72. The lowest BCUT2D eigenvalue weighted by Gasteiger charge is -2.24. The molecular formula is C9H14O3. The molecule has 0 aromatic carbocycles. The quantitative estimate of drug-likeness (QED) is 0.614. The molecule has 0 aromatic rings. The highest BCUT2D eigenvalue weighted by atomic mass is 16.4. The molecule has 2 N–H and O–H groups in total. The largest absolute Gasteiger partial charge is 0.481 e. The summed E-state index contributed by atoms with van der Waals surface area (Å²) in [4.78, 5) is 10.8. The van der Waals surface area contributed by atoms with Gasteiger partial charge in [-0.3, -0.25) is 4.79 Å². The van der Waals surface area contributed by atoms with Crippen LogP contribution >= 0.6 is 0 Å². The SMILES string of the molecule is O=C(O)C1CC2CC1CCC2O. The minimum atomic E-state index is -0.670. The molecule has 0 spiro atoms. The summed E-state index contributed by atoms with van der Waals surface area (Å²) in [5.41, 5.74) is 0. The van der Waals surface area contributed by atoms with Gasteiger partial charge in [0.25, 0.3) is 0 Å². The summed E-state index contributed by atoms with van der Waals surface area (Å²) in [7, 11) is 0. The molecule has 2 fully saturated rings. The van der Waals surface area contributed by atoms with E-state index >= 15 is 0 Å². The maximum Gasteiger partial charge on any atom is 0.306 e. The van der Waals surface area contributed by atoms with E-state index < -0.39 is 5.97 Å². The Hall–Kier alpha value is -0.570. The third-order valence-corrected chi connectivity index (χ3v) is 3.43. The van der Waals surface area contributed by atoms with Crippen LogP contribution in [0.15, 0.2) is 0 Å². The van der Waals surface area contributed by atoms with Gasteiger partial charge in [-0.25, -0.2) is 0 Å². The number of carboxylic acid groups (broad SMARTS) is 1. The molecule has 3 heteroatoms. The zero-order valence-corrected chi connectivity index (χ0v) is 6.94. The van der Waals surface area contributed by atoms with E-state index in [-0.39, 0.29) is 17.9 Å². The van der Waals surface area contributed by atoms with Gasteiger partial charge in [-0.05, 0) is 37.5 Å². The van der Waals surface area contributed by atoms with E-state index in [4.69, 9.17) is 5.11 Å². The van der Waals surface area contributed by atoms with Gasteiger partial charge in [0.1, 0.15) is 0 Å². The molecule has 0 aliphatic heterocycles. The van der Waals surface area contributed by atoms with E-state index in [0.29, 0.717) is 12.3 Å². The van der Waals surface area contributed by atoms with Crippen molar-refractivity contribution in [1.29, 1.82) is 0 Å². The van der Waals surface area contributed by atoms with Crippen molar-refractivity contribution >= 4 is 5.97 Å². The van der Waals surface area contributed by atoms with E-state index in [1.165, 1.54) is 0 Å². The molecule has 2 saturated carbocycles. The topological polar surface area (TPSA) is 57.5 Å². The first-order valence-electron chi connectivity index (χ1n) is 4.59. The van der Waals surface area contributed by atoms with Crippen LogP contribution in [-0.2, 0) is 4.79 Å². The van der Waals surface area contributed by atoms with Crippen molar-refractivity contribution in [3.8, 4) is 0 Å². The van der Waals surface area contributed by atoms with Crippen LogP contribution in [-0.4, -0.2) is 22.3 Å². The number of carbonyl (C=O) groups is 1. The van der Waals surface area contributed by atoms with Crippen LogP contribution < -0.4 is 0 Å². The average molecular weight is 170 g/mol. The predicted octanol–water partition coefficient (Wildman–Crippen LogP) is 0.868. The minimum absolute atomic E-state index is 0.174. The number of carboxylic acids is 1. The number of aliphatic hydroxyl groups is 1. The predicted molar refractivity (Wildman–Crippen MR) is 42.6 cm³/mol. The Morgan fingerprint density at radius 3 is 2.50 bits per heavy atom. The first-order valence-corrected chi connectivity index (χ1v) is 4.59. The molecule has 3 nitrogen and oxygen atoms in total. The maximum atomic E-state index is 10.8. The van der Waals surface area contributed by atoms with Crippen LogP contribution in [0.3, 0.4) is 0 Å². The molecular weight excluding hydrogens is 156 g/mol. The smallest absolute Gasteiger partial charge is 0.306 e. The molecule has 68 valence electrons. The first-order chi connectivity index (χ1) is 5.68. The normalized spacial score (nSPS) is 46.1. The Labute approximate surface area is 71.4 Å². The second kappa shape index (κ2) is 2.73. The van der Waals surface area contributed by atoms with Crippen LogP contribution in [0.25, 0.3) is 0 Å². The fourth-order valence-corrected chi connectivity index (χ4v) is 2.72. The lowest BCUT2D eigenvalue weighted by Crippen LogP contribution is -2.23. The van der Waals surface area contributed by atoms with Crippen LogP contribution in [0.2, 0.25) is 0 Å². The van der Waals surface area contributed by atoms with Crippen molar-refractivity contribution < 1.29 is 15.0 Å². The van der Waals surface area contributed by atoms with Crippen LogP contribution in [0, 0.1) is 17.8 Å². The van der Waals surface area contributed by atoms with Gasteiger partial charge in [0, 0.05) is 0 Å². The Morgan fingerprint density at radius 1 is 1.17 bits per heavy atom. The van der Waals surface area contributed by atoms with Crippen molar-refractivity contribution in [1.82, 2.24) is 0 Å².